The first-order chi connectivity index (χ1) is 10.1. The van der Waals surface area contributed by atoms with Crippen LogP contribution in [0.4, 0.5) is 0 Å². The van der Waals surface area contributed by atoms with Crippen LogP contribution in [0.2, 0.25) is 0 Å². The van der Waals surface area contributed by atoms with Crippen LogP contribution in [0.15, 0.2) is 0 Å². The molecule has 2 aliphatic rings. The Morgan fingerprint density at radius 1 is 0.955 bits per heavy atom. The van der Waals surface area contributed by atoms with E-state index in [0.29, 0.717) is 32.1 Å². The third-order valence-corrected chi connectivity index (χ3v) is 7.55. The standard InChI is InChI=1S/C16H32N2O3S/c1-13(19)14-5-9-17(10-6-14)22(20,21)18-11-7-15(8-12-18)16(2,3)4/h13-15,19H,5-12H2,1-4H3. The van der Waals surface area contributed by atoms with Gasteiger partial charge in [-0.05, 0) is 49.9 Å². The molecule has 6 heteroatoms. The molecule has 0 aromatic carbocycles. The highest BCUT2D eigenvalue weighted by molar-refractivity contribution is 7.86. The van der Waals surface area contributed by atoms with E-state index in [0.717, 1.165) is 25.7 Å². The van der Waals surface area contributed by atoms with Crippen molar-refractivity contribution in [3.05, 3.63) is 0 Å². The molecule has 0 radical (unpaired) electrons. The molecule has 2 heterocycles. The first-order valence-corrected chi connectivity index (χ1v) is 9.95. The van der Waals surface area contributed by atoms with Crippen LogP contribution in [0.1, 0.15) is 53.4 Å². The third kappa shape index (κ3) is 4.02. The summed E-state index contributed by atoms with van der Waals surface area (Å²) in [6, 6.07) is 0. The van der Waals surface area contributed by atoms with Crippen LogP contribution >= 0.6 is 0 Å². The van der Waals surface area contributed by atoms with Crippen LogP contribution in [0.5, 0.6) is 0 Å². The number of nitrogens with zero attached hydrogens (tertiary/aromatic N) is 2. The molecule has 0 saturated carbocycles. The van der Waals surface area contributed by atoms with Gasteiger partial charge in [-0.15, -0.1) is 0 Å². The number of hydrogen-bond donors (Lipinski definition) is 1. The maximum Gasteiger partial charge on any atom is 0.281 e. The van der Waals surface area contributed by atoms with E-state index in [9.17, 15) is 13.5 Å². The predicted octanol–water partition coefficient (Wildman–Crippen LogP) is 2.08. The Labute approximate surface area is 135 Å². The van der Waals surface area contributed by atoms with Crippen molar-refractivity contribution in [1.82, 2.24) is 8.61 Å². The maximum atomic E-state index is 12.8. The molecule has 1 atom stereocenters. The molecular weight excluding hydrogens is 300 g/mol. The first kappa shape index (κ1) is 18.2. The van der Waals surface area contributed by atoms with Gasteiger partial charge < -0.3 is 5.11 Å². The van der Waals surface area contributed by atoms with Gasteiger partial charge in [-0.25, -0.2) is 0 Å². The molecule has 0 spiro atoms. The molecule has 2 fully saturated rings. The average Bonchev–Trinajstić information content (AvgIpc) is 2.46. The molecule has 2 saturated heterocycles. The van der Waals surface area contributed by atoms with E-state index in [1.807, 2.05) is 0 Å². The molecule has 2 rings (SSSR count). The Morgan fingerprint density at radius 3 is 1.73 bits per heavy atom. The second-order valence-electron chi connectivity index (χ2n) is 8.02. The molecule has 0 aromatic heterocycles. The second-order valence-corrected chi connectivity index (χ2v) is 9.95. The summed E-state index contributed by atoms with van der Waals surface area (Å²) in [6.07, 6.45) is 3.08. The lowest BCUT2D eigenvalue weighted by atomic mass is 9.76. The van der Waals surface area contributed by atoms with Crippen molar-refractivity contribution >= 4 is 10.2 Å². The smallest absolute Gasteiger partial charge is 0.281 e. The topological polar surface area (TPSA) is 60.9 Å². The Kier molecular flexibility index (Phi) is 5.58. The van der Waals surface area contributed by atoms with Gasteiger partial charge in [0.25, 0.3) is 10.2 Å². The molecule has 22 heavy (non-hydrogen) atoms. The molecular formula is C16H32N2O3S. The van der Waals surface area contributed by atoms with Crippen LogP contribution in [0, 0.1) is 17.3 Å². The lowest BCUT2D eigenvalue weighted by Crippen LogP contribution is -2.51. The summed E-state index contributed by atoms with van der Waals surface area (Å²) in [6.45, 7) is 10.9. The second kappa shape index (κ2) is 6.75. The van der Waals surface area contributed by atoms with Crippen molar-refractivity contribution < 1.29 is 13.5 Å². The summed E-state index contributed by atoms with van der Waals surface area (Å²) in [5.41, 5.74) is 0.255. The fraction of sp³-hybridized carbons (Fsp3) is 1.00. The van der Waals surface area contributed by atoms with Crippen LogP contribution in [-0.4, -0.2) is 54.4 Å². The van der Waals surface area contributed by atoms with E-state index in [2.05, 4.69) is 20.8 Å². The molecule has 0 bridgehead atoms. The zero-order valence-corrected chi connectivity index (χ0v) is 15.3. The first-order valence-electron chi connectivity index (χ1n) is 8.55. The maximum absolute atomic E-state index is 12.8. The van der Waals surface area contributed by atoms with Crippen molar-refractivity contribution in [3.8, 4) is 0 Å². The Bertz CT molecular complexity index is 454. The quantitative estimate of drug-likeness (QED) is 0.861. The molecule has 0 aliphatic carbocycles. The minimum atomic E-state index is -3.32. The normalized spacial score (nSPS) is 26.2. The number of aliphatic hydroxyl groups excluding tert-OH is 1. The minimum Gasteiger partial charge on any atom is -0.393 e. The molecule has 0 amide bonds. The van der Waals surface area contributed by atoms with Gasteiger partial charge in [0.2, 0.25) is 0 Å². The van der Waals surface area contributed by atoms with Crippen molar-refractivity contribution in [2.45, 2.75) is 59.5 Å². The van der Waals surface area contributed by atoms with Crippen LogP contribution in [0.3, 0.4) is 0 Å². The highest BCUT2D eigenvalue weighted by atomic mass is 32.2. The van der Waals surface area contributed by atoms with Crippen molar-refractivity contribution in [1.29, 1.82) is 0 Å². The number of rotatable bonds is 3. The molecule has 2 aliphatic heterocycles. The van der Waals surface area contributed by atoms with Gasteiger partial charge in [-0.3, -0.25) is 0 Å². The Morgan fingerprint density at radius 2 is 1.36 bits per heavy atom. The van der Waals surface area contributed by atoms with Crippen molar-refractivity contribution in [2.24, 2.45) is 17.3 Å². The van der Waals surface area contributed by atoms with E-state index >= 15 is 0 Å². The van der Waals surface area contributed by atoms with Gasteiger partial charge in [0.05, 0.1) is 6.10 Å². The van der Waals surface area contributed by atoms with Crippen molar-refractivity contribution in [3.63, 3.8) is 0 Å². The summed E-state index contributed by atoms with van der Waals surface area (Å²) in [5, 5.41) is 9.64. The Hall–Kier alpha value is -0.170. The van der Waals surface area contributed by atoms with E-state index in [4.69, 9.17) is 0 Å². The molecule has 0 aromatic rings. The average molecular weight is 333 g/mol. The summed E-state index contributed by atoms with van der Waals surface area (Å²) in [7, 11) is -3.32. The van der Waals surface area contributed by atoms with Gasteiger partial charge in [0.1, 0.15) is 0 Å². The zero-order valence-electron chi connectivity index (χ0n) is 14.5. The van der Waals surface area contributed by atoms with Gasteiger partial charge in [0.15, 0.2) is 0 Å². The SMILES string of the molecule is CC(O)C1CCN(S(=O)(=O)N2CCC(C(C)(C)C)CC2)CC1. The Balaban J connectivity index is 1.92. The number of aliphatic hydroxyl groups is 1. The minimum absolute atomic E-state index is 0.234. The summed E-state index contributed by atoms with van der Waals surface area (Å²) >= 11 is 0. The third-order valence-electron chi connectivity index (χ3n) is 5.51. The molecule has 1 N–H and O–H groups in total. The van der Waals surface area contributed by atoms with E-state index in [1.165, 1.54) is 0 Å². The van der Waals surface area contributed by atoms with Gasteiger partial charge in [0, 0.05) is 26.2 Å². The number of piperidine rings is 2. The highest BCUT2D eigenvalue weighted by Crippen LogP contribution is 2.35. The molecule has 5 nitrogen and oxygen atoms in total. The molecule has 1 unspecified atom stereocenters. The molecule has 130 valence electrons. The highest BCUT2D eigenvalue weighted by Gasteiger charge is 2.37. The monoisotopic (exact) mass is 332 g/mol. The van der Waals surface area contributed by atoms with Gasteiger partial charge >= 0.3 is 0 Å². The van der Waals surface area contributed by atoms with Crippen molar-refractivity contribution in [2.75, 3.05) is 26.2 Å². The zero-order chi connectivity index (χ0) is 16.5. The van der Waals surface area contributed by atoms with E-state index in [-0.39, 0.29) is 17.4 Å². The fourth-order valence-electron chi connectivity index (χ4n) is 3.70. The van der Waals surface area contributed by atoms with Gasteiger partial charge in [-0.2, -0.15) is 17.0 Å². The van der Waals surface area contributed by atoms with E-state index < -0.39 is 10.2 Å². The lowest BCUT2D eigenvalue weighted by Gasteiger charge is -2.41. The summed E-state index contributed by atoms with van der Waals surface area (Å²) in [5.74, 6) is 0.831. The fourth-order valence-corrected chi connectivity index (χ4v) is 5.38. The van der Waals surface area contributed by atoms with Gasteiger partial charge in [-0.1, -0.05) is 20.8 Å². The van der Waals surface area contributed by atoms with Crippen LogP contribution in [-0.2, 0) is 10.2 Å². The predicted molar refractivity (Wildman–Crippen MR) is 88.6 cm³/mol. The summed E-state index contributed by atoms with van der Waals surface area (Å²) < 4.78 is 28.8. The largest absolute Gasteiger partial charge is 0.393 e. The van der Waals surface area contributed by atoms with Crippen LogP contribution < -0.4 is 0 Å². The lowest BCUT2D eigenvalue weighted by molar-refractivity contribution is 0.0882. The van der Waals surface area contributed by atoms with Crippen LogP contribution in [0.25, 0.3) is 0 Å². The number of hydrogen-bond acceptors (Lipinski definition) is 3. The summed E-state index contributed by atoms with van der Waals surface area (Å²) in [4.78, 5) is 0. The van der Waals surface area contributed by atoms with E-state index in [1.54, 1.807) is 15.5 Å².